The second-order valence-electron chi connectivity index (χ2n) is 5.56. The molecule has 22 heavy (non-hydrogen) atoms. The van der Waals surface area contributed by atoms with Gasteiger partial charge in [0.2, 0.25) is 0 Å². The van der Waals surface area contributed by atoms with Crippen molar-refractivity contribution in [3.05, 3.63) is 78.2 Å². The molecule has 0 N–H and O–H groups in total. The molecule has 0 fully saturated rings. The zero-order valence-electron chi connectivity index (χ0n) is 12.2. The fourth-order valence-electron chi connectivity index (χ4n) is 2.98. The molecule has 0 aliphatic heterocycles. The van der Waals surface area contributed by atoms with Crippen LogP contribution in [0.1, 0.15) is 5.56 Å². The molecule has 0 saturated heterocycles. The maximum Gasteiger partial charge on any atom is 0.123 e. The highest BCUT2D eigenvalue weighted by atomic mass is 19.1. The lowest BCUT2D eigenvalue weighted by atomic mass is 9.98. The van der Waals surface area contributed by atoms with Gasteiger partial charge in [-0.25, -0.2) is 4.39 Å². The smallest absolute Gasteiger partial charge is 0.123 e. The van der Waals surface area contributed by atoms with E-state index in [0.717, 1.165) is 32.8 Å². The Morgan fingerprint density at radius 1 is 0.818 bits per heavy atom. The number of fused-ring (bicyclic) bond motifs is 3. The van der Waals surface area contributed by atoms with Gasteiger partial charge in [0.05, 0.1) is 5.69 Å². The first-order valence-corrected chi connectivity index (χ1v) is 7.26. The molecule has 0 aliphatic carbocycles. The van der Waals surface area contributed by atoms with Crippen LogP contribution in [0.15, 0.2) is 66.9 Å². The molecule has 0 radical (unpaired) electrons. The van der Waals surface area contributed by atoms with Gasteiger partial charge in [-0.3, -0.25) is 4.98 Å². The Morgan fingerprint density at radius 3 is 2.55 bits per heavy atom. The summed E-state index contributed by atoms with van der Waals surface area (Å²) in [5.41, 5.74) is 3.22. The van der Waals surface area contributed by atoms with E-state index in [1.54, 1.807) is 12.3 Å². The molecule has 4 aromatic rings. The van der Waals surface area contributed by atoms with Gasteiger partial charge in [-0.15, -0.1) is 0 Å². The molecule has 106 valence electrons. The van der Waals surface area contributed by atoms with Gasteiger partial charge in [-0.1, -0.05) is 42.0 Å². The Morgan fingerprint density at radius 2 is 1.68 bits per heavy atom. The van der Waals surface area contributed by atoms with E-state index in [2.05, 4.69) is 36.2 Å². The van der Waals surface area contributed by atoms with E-state index in [-0.39, 0.29) is 5.82 Å². The molecule has 0 unspecified atom stereocenters. The van der Waals surface area contributed by atoms with Gasteiger partial charge in [-0.05, 0) is 47.3 Å². The minimum Gasteiger partial charge on any atom is -0.256 e. The maximum atomic E-state index is 13.6. The largest absolute Gasteiger partial charge is 0.256 e. The van der Waals surface area contributed by atoms with Crippen molar-refractivity contribution < 1.29 is 4.39 Å². The Bertz CT molecular complexity index is 1000. The van der Waals surface area contributed by atoms with Crippen molar-refractivity contribution in [2.75, 3.05) is 0 Å². The molecule has 1 aromatic heterocycles. The van der Waals surface area contributed by atoms with Gasteiger partial charge in [0.15, 0.2) is 0 Å². The molecule has 3 aromatic carbocycles. The van der Waals surface area contributed by atoms with Crippen molar-refractivity contribution in [1.29, 1.82) is 0 Å². The van der Waals surface area contributed by atoms with Crippen molar-refractivity contribution in [2.24, 2.45) is 0 Å². The summed E-state index contributed by atoms with van der Waals surface area (Å²) in [5, 5.41) is 4.04. The molecular formula is C20H14FN. The van der Waals surface area contributed by atoms with E-state index >= 15 is 0 Å². The third-order valence-corrected chi connectivity index (χ3v) is 4.02. The molecule has 2 heteroatoms. The SMILES string of the molecule is Cc1cccc(-c2nccc3c2ccc2ccc(F)cc23)c1. The number of hydrogen-bond acceptors (Lipinski definition) is 1. The van der Waals surface area contributed by atoms with Crippen molar-refractivity contribution in [1.82, 2.24) is 4.98 Å². The highest BCUT2D eigenvalue weighted by molar-refractivity contribution is 6.11. The van der Waals surface area contributed by atoms with E-state index in [1.165, 1.54) is 11.6 Å². The summed E-state index contributed by atoms with van der Waals surface area (Å²) in [6, 6.07) is 19.2. The Labute approximate surface area is 128 Å². The van der Waals surface area contributed by atoms with Gasteiger partial charge < -0.3 is 0 Å². The van der Waals surface area contributed by atoms with Crippen LogP contribution in [-0.4, -0.2) is 4.98 Å². The Kier molecular flexibility index (Phi) is 2.90. The lowest BCUT2D eigenvalue weighted by Crippen LogP contribution is -1.88. The fraction of sp³-hybridized carbons (Fsp3) is 0.0500. The van der Waals surface area contributed by atoms with E-state index in [1.807, 2.05) is 24.3 Å². The number of rotatable bonds is 1. The van der Waals surface area contributed by atoms with Crippen LogP contribution in [0.25, 0.3) is 32.8 Å². The number of halogens is 1. The van der Waals surface area contributed by atoms with Gasteiger partial charge in [-0.2, -0.15) is 0 Å². The third-order valence-electron chi connectivity index (χ3n) is 4.02. The van der Waals surface area contributed by atoms with E-state index in [4.69, 9.17) is 0 Å². The first-order chi connectivity index (χ1) is 10.7. The fourth-order valence-corrected chi connectivity index (χ4v) is 2.98. The van der Waals surface area contributed by atoms with Crippen LogP contribution in [0.4, 0.5) is 4.39 Å². The molecule has 4 rings (SSSR count). The number of aryl methyl sites for hydroxylation is 1. The first kappa shape index (κ1) is 13.0. The summed E-state index contributed by atoms with van der Waals surface area (Å²) in [6.07, 6.45) is 1.80. The minimum atomic E-state index is -0.214. The topological polar surface area (TPSA) is 12.9 Å². The number of hydrogen-bond donors (Lipinski definition) is 0. The van der Waals surface area contributed by atoms with Crippen LogP contribution in [0.3, 0.4) is 0 Å². The van der Waals surface area contributed by atoms with Crippen LogP contribution in [0, 0.1) is 12.7 Å². The summed E-state index contributed by atoms with van der Waals surface area (Å²) in [6.45, 7) is 2.07. The Hall–Kier alpha value is -2.74. The van der Waals surface area contributed by atoms with Crippen LogP contribution in [-0.2, 0) is 0 Å². The van der Waals surface area contributed by atoms with Gasteiger partial charge in [0, 0.05) is 17.1 Å². The monoisotopic (exact) mass is 287 g/mol. The van der Waals surface area contributed by atoms with Crippen LogP contribution >= 0.6 is 0 Å². The number of aromatic nitrogens is 1. The lowest BCUT2D eigenvalue weighted by Gasteiger charge is -2.09. The normalized spacial score (nSPS) is 11.2. The van der Waals surface area contributed by atoms with E-state index in [9.17, 15) is 4.39 Å². The number of nitrogens with zero attached hydrogens (tertiary/aromatic N) is 1. The van der Waals surface area contributed by atoms with Crippen LogP contribution in [0.5, 0.6) is 0 Å². The van der Waals surface area contributed by atoms with Gasteiger partial charge >= 0.3 is 0 Å². The van der Waals surface area contributed by atoms with Crippen molar-refractivity contribution in [3.8, 4) is 11.3 Å². The average molecular weight is 287 g/mol. The van der Waals surface area contributed by atoms with E-state index < -0.39 is 0 Å². The summed E-state index contributed by atoms with van der Waals surface area (Å²) >= 11 is 0. The minimum absolute atomic E-state index is 0.214. The lowest BCUT2D eigenvalue weighted by molar-refractivity contribution is 0.630. The van der Waals surface area contributed by atoms with Crippen molar-refractivity contribution >= 4 is 21.5 Å². The predicted molar refractivity (Wildman–Crippen MR) is 89.4 cm³/mol. The maximum absolute atomic E-state index is 13.6. The van der Waals surface area contributed by atoms with E-state index in [0.29, 0.717) is 0 Å². The average Bonchev–Trinajstić information content (AvgIpc) is 2.54. The number of pyridine rings is 1. The Balaban J connectivity index is 2.09. The molecule has 1 heterocycles. The highest BCUT2D eigenvalue weighted by Gasteiger charge is 2.08. The summed E-state index contributed by atoms with van der Waals surface area (Å²) in [5.74, 6) is -0.214. The highest BCUT2D eigenvalue weighted by Crippen LogP contribution is 2.32. The second-order valence-corrected chi connectivity index (χ2v) is 5.56. The van der Waals surface area contributed by atoms with Crippen molar-refractivity contribution in [2.45, 2.75) is 6.92 Å². The zero-order valence-corrected chi connectivity index (χ0v) is 12.2. The molecule has 1 nitrogen and oxygen atoms in total. The van der Waals surface area contributed by atoms with Crippen LogP contribution in [0.2, 0.25) is 0 Å². The first-order valence-electron chi connectivity index (χ1n) is 7.26. The summed E-state index contributed by atoms with van der Waals surface area (Å²) in [7, 11) is 0. The second kappa shape index (κ2) is 4.92. The third kappa shape index (κ3) is 2.04. The standard InChI is InChI=1S/C20H14FN/c1-13-3-2-4-15(11-13)20-18-8-6-14-5-7-16(21)12-19(14)17(18)9-10-22-20/h2-12H,1H3. The summed E-state index contributed by atoms with van der Waals surface area (Å²) in [4.78, 5) is 4.55. The molecule has 0 atom stereocenters. The van der Waals surface area contributed by atoms with Crippen LogP contribution < -0.4 is 0 Å². The van der Waals surface area contributed by atoms with Crippen molar-refractivity contribution in [3.63, 3.8) is 0 Å². The molecular weight excluding hydrogens is 273 g/mol. The summed E-state index contributed by atoms with van der Waals surface area (Å²) < 4.78 is 13.6. The molecule has 0 amide bonds. The molecule has 0 aliphatic rings. The van der Waals surface area contributed by atoms with Gasteiger partial charge in [0.25, 0.3) is 0 Å². The quantitative estimate of drug-likeness (QED) is 0.421. The predicted octanol–water partition coefficient (Wildman–Crippen LogP) is 5.50. The zero-order chi connectivity index (χ0) is 15.1. The van der Waals surface area contributed by atoms with Gasteiger partial charge in [0.1, 0.15) is 5.82 Å². The number of benzene rings is 3. The molecule has 0 saturated carbocycles. The molecule has 0 spiro atoms. The molecule has 0 bridgehead atoms.